The van der Waals surface area contributed by atoms with E-state index < -0.39 is 34.0 Å². The highest BCUT2D eigenvalue weighted by Crippen LogP contribution is 2.36. The number of amides is 2. The fraction of sp³-hybridized carbons (Fsp3) is 0.565. The van der Waals surface area contributed by atoms with Gasteiger partial charge in [0.25, 0.3) is 11.8 Å². The number of thiazole rings is 1. The summed E-state index contributed by atoms with van der Waals surface area (Å²) in [5, 5.41) is 5.04. The number of hydrogen-bond donors (Lipinski definition) is 2. The van der Waals surface area contributed by atoms with Crippen molar-refractivity contribution in [3.8, 4) is 10.4 Å². The summed E-state index contributed by atoms with van der Waals surface area (Å²) in [5.74, 6) is -1.18. The van der Waals surface area contributed by atoms with Crippen molar-refractivity contribution in [2.45, 2.75) is 64.3 Å². The molecule has 0 unspecified atom stereocenters. The summed E-state index contributed by atoms with van der Waals surface area (Å²) in [6.45, 7) is 5.59. The summed E-state index contributed by atoms with van der Waals surface area (Å²) in [7, 11) is -3.14. The average Bonchev–Trinajstić information content (AvgIpc) is 3.41. The summed E-state index contributed by atoms with van der Waals surface area (Å²) in [5.41, 5.74) is 1.10. The van der Waals surface area contributed by atoms with Crippen LogP contribution in [0.4, 0.5) is 19.0 Å². The minimum Gasteiger partial charge on any atom is -0.359 e. The molecule has 2 N–H and O–H groups in total. The molecule has 0 aliphatic carbocycles. The Labute approximate surface area is 216 Å². The van der Waals surface area contributed by atoms with E-state index in [2.05, 4.69) is 20.6 Å². The van der Waals surface area contributed by atoms with Gasteiger partial charge in [-0.05, 0) is 44.7 Å². The molecule has 0 bridgehead atoms. The Hall–Kier alpha value is -2.74. The SMILES string of the molecule is CC[C@H](Nc1cc(C)c(-c2sc(C(=O)NC3CS(=O)(=O)C3)nc2C(=O)N2CCC[C@@H]2C)cn1)C(F)(F)F. The zero-order valence-electron chi connectivity index (χ0n) is 20.6. The number of nitrogens with zero attached hydrogens (tertiary/aromatic N) is 3. The van der Waals surface area contributed by atoms with Crippen molar-refractivity contribution in [2.75, 3.05) is 23.4 Å². The molecule has 0 aromatic carbocycles. The Balaban J connectivity index is 1.66. The Morgan fingerprint density at radius 1 is 1.30 bits per heavy atom. The number of nitrogens with one attached hydrogen (secondary N) is 2. The molecular formula is C23H28F3N5O4S2. The number of likely N-dealkylation sites (tertiary alicyclic amines) is 1. The monoisotopic (exact) mass is 559 g/mol. The average molecular weight is 560 g/mol. The van der Waals surface area contributed by atoms with E-state index in [-0.39, 0.29) is 46.4 Å². The smallest absolute Gasteiger partial charge is 0.359 e. The predicted octanol–water partition coefficient (Wildman–Crippen LogP) is 3.42. The Bertz CT molecular complexity index is 1300. The van der Waals surface area contributed by atoms with Gasteiger partial charge in [-0.3, -0.25) is 9.59 Å². The van der Waals surface area contributed by atoms with Crippen LogP contribution in [0.2, 0.25) is 0 Å². The highest BCUT2D eigenvalue weighted by atomic mass is 32.2. The molecule has 4 rings (SSSR count). The Morgan fingerprint density at radius 2 is 2.00 bits per heavy atom. The van der Waals surface area contributed by atoms with Crippen molar-refractivity contribution in [3.63, 3.8) is 0 Å². The topological polar surface area (TPSA) is 121 Å². The number of hydrogen-bond acceptors (Lipinski definition) is 8. The van der Waals surface area contributed by atoms with E-state index in [1.165, 1.54) is 19.2 Å². The van der Waals surface area contributed by atoms with Gasteiger partial charge >= 0.3 is 6.18 Å². The summed E-state index contributed by atoms with van der Waals surface area (Å²) in [6, 6.07) is -0.807. The molecule has 2 saturated heterocycles. The van der Waals surface area contributed by atoms with Crippen molar-refractivity contribution < 1.29 is 31.2 Å². The number of carbonyl (C=O) groups excluding carboxylic acids is 2. The minimum absolute atomic E-state index is 0.000724. The maximum absolute atomic E-state index is 13.4. The van der Waals surface area contributed by atoms with E-state index in [4.69, 9.17) is 0 Å². The maximum Gasteiger partial charge on any atom is 0.408 e. The van der Waals surface area contributed by atoms with E-state index in [0.29, 0.717) is 22.5 Å². The van der Waals surface area contributed by atoms with Gasteiger partial charge < -0.3 is 15.5 Å². The largest absolute Gasteiger partial charge is 0.408 e. The normalized spacial score (nSPS) is 20.4. The molecule has 0 radical (unpaired) electrons. The van der Waals surface area contributed by atoms with Crippen molar-refractivity contribution in [3.05, 3.63) is 28.5 Å². The maximum atomic E-state index is 13.4. The third kappa shape index (κ3) is 5.89. The molecule has 14 heteroatoms. The number of alkyl halides is 3. The van der Waals surface area contributed by atoms with Gasteiger partial charge in [0.2, 0.25) is 0 Å². The molecule has 2 aromatic rings. The molecule has 2 aromatic heterocycles. The number of pyridine rings is 1. The second-order valence-electron chi connectivity index (χ2n) is 9.47. The first kappa shape index (κ1) is 27.3. The first-order valence-corrected chi connectivity index (χ1v) is 14.6. The lowest BCUT2D eigenvalue weighted by atomic mass is 10.1. The molecule has 9 nitrogen and oxygen atoms in total. The van der Waals surface area contributed by atoms with E-state index in [1.807, 2.05) is 6.92 Å². The van der Waals surface area contributed by atoms with Gasteiger partial charge in [0, 0.05) is 24.3 Å². The molecule has 0 saturated carbocycles. The summed E-state index contributed by atoms with van der Waals surface area (Å²) < 4.78 is 62.5. The van der Waals surface area contributed by atoms with Gasteiger partial charge in [-0.15, -0.1) is 11.3 Å². The zero-order valence-corrected chi connectivity index (χ0v) is 22.2. The number of halogens is 3. The van der Waals surface area contributed by atoms with Crippen LogP contribution in [0, 0.1) is 6.92 Å². The van der Waals surface area contributed by atoms with Crippen LogP contribution in [0.25, 0.3) is 10.4 Å². The third-order valence-electron chi connectivity index (χ3n) is 6.56. The number of anilines is 1. The molecule has 2 atom stereocenters. The zero-order chi connectivity index (χ0) is 27.1. The van der Waals surface area contributed by atoms with Gasteiger partial charge in [-0.25, -0.2) is 18.4 Å². The summed E-state index contributed by atoms with van der Waals surface area (Å²) in [6.07, 6.45) is -1.55. The van der Waals surface area contributed by atoms with Crippen LogP contribution in [0.15, 0.2) is 12.3 Å². The van der Waals surface area contributed by atoms with Crippen molar-refractivity contribution in [1.29, 1.82) is 0 Å². The number of rotatable bonds is 7. The molecule has 2 fully saturated rings. The van der Waals surface area contributed by atoms with Crippen molar-refractivity contribution in [2.24, 2.45) is 0 Å². The lowest BCUT2D eigenvalue weighted by molar-refractivity contribution is -0.142. The minimum atomic E-state index is -4.44. The van der Waals surface area contributed by atoms with Crippen LogP contribution >= 0.6 is 11.3 Å². The first-order valence-electron chi connectivity index (χ1n) is 11.9. The van der Waals surface area contributed by atoms with Crippen LogP contribution < -0.4 is 10.6 Å². The molecule has 0 spiro atoms. The predicted molar refractivity (Wildman–Crippen MR) is 133 cm³/mol. The third-order valence-corrected chi connectivity index (χ3v) is 9.47. The fourth-order valence-corrected chi connectivity index (χ4v) is 6.81. The number of aromatic nitrogens is 2. The van der Waals surface area contributed by atoms with Gasteiger partial charge in [0.15, 0.2) is 14.8 Å². The number of aryl methyl sites for hydroxylation is 1. The van der Waals surface area contributed by atoms with E-state index in [9.17, 15) is 31.2 Å². The Kier molecular flexibility index (Phi) is 7.52. The number of carbonyl (C=O) groups is 2. The van der Waals surface area contributed by atoms with Crippen LogP contribution in [-0.4, -0.2) is 77.5 Å². The quantitative estimate of drug-likeness (QED) is 0.533. The number of sulfone groups is 1. The van der Waals surface area contributed by atoms with Crippen LogP contribution in [0.3, 0.4) is 0 Å². The van der Waals surface area contributed by atoms with E-state index in [1.54, 1.807) is 11.8 Å². The van der Waals surface area contributed by atoms with Crippen LogP contribution in [0.5, 0.6) is 0 Å². The van der Waals surface area contributed by atoms with Gasteiger partial charge in [0.05, 0.1) is 22.4 Å². The van der Waals surface area contributed by atoms with Gasteiger partial charge in [-0.2, -0.15) is 13.2 Å². The first-order chi connectivity index (χ1) is 17.3. The lowest BCUT2D eigenvalue weighted by Crippen LogP contribution is -2.52. The van der Waals surface area contributed by atoms with E-state index in [0.717, 1.165) is 24.2 Å². The molecular weight excluding hydrogens is 531 g/mol. The lowest BCUT2D eigenvalue weighted by Gasteiger charge is -2.25. The highest BCUT2D eigenvalue weighted by Gasteiger charge is 2.39. The molecule has 202 valence electrons. The second-order valence-corrected chi connectivity index (χ2v) is 12.6. The van der Waals surface area contributed by atoms with Crippen LogP contribution in [-0.2, 0) is 9.84 Å². The Morgan fingerprint density at radius 3 is 2.54 bits per heavy atom. The van der Waals surface area contributed by atoms with E-state index >= 15 is 0 Å². The standard InChI is InChI=1S/C23H28F3N5O4S2/c1-4-16(23(24,25)26)29-17-8-12(2)15(9-27-17)19-18(22(33)31-7-5-6-13(31)3)30-21(36-19)20(32)28-14-10-37(34,35)11-14/h8-9,13-14,16H,4-7,10-11H2,1-3H3,(H,27,29)(H,28,32)/t13-,16-/m0/s1. The molecule has 2 aliphatic rings. The molecule has 4 heterocycles. The fourth-order valence-electron chi connectivity index (χ4n) is 4.48. The summed E-state index contributed by atoms with van der Waals surface area (Å²) >= 11 is 0.968. The molecule has 2 aliphatic heterocycles. The highest BCUT2D eigenvalue weighted by molar-refractivity contribution is 7.92. The van der Waals surface area contributed by atoms with Crippen LogP contribution in [0.1, 0.15) is 59.0 Å². The van der Waals surface area contributed by atoms with Gasteiger partial charge in [0.1, 0.15) is 17.6 Å². The van der Waals surface area contributed by atoms with Crippen molar-refractivity contribution in [1.82, 2.24) is 20.2 Å². The molecule has 37 heavy (non-hydrogen) atoms. The summed E-state index contributed by atoms with van der Waals surface area (Å²) in [4.78, 5) is 36.8. The molecule has 2 amide bonds. The van der Waals surface area contributed by atoms with Crippen molar-refractivity contribution >= 4 is 38.8 Å². The second kappa shape index (κ2) is 10.2. The van der Waals surface area contributed by atoms with Gasteiger partial charge in [-0.1, -0.05) is 6.92 Å².